The van der Waals surface area contributed by atoms with E-state index in [0.29, 0.717) is 5.69 Å². The molecule has 0 saturated carbocycles. The van der Waals surface area contributed by atoms with E-state index < -0.39 is 0 Å². The molecule has 1 amide bonds. The quantitative estimate of drug-likeness (QED) is 0.871. The molecule has 2 aliphatic heterocycles. The molecular weight excluding hydrogens is 336 g/mol. The van der Waals surface area contributed by atoms with Gasteiger partial charge in [0.15, 0.2) is 0 Å². The van der Waals surface area contributed by atoms with Crippen molar-refractivity contribution in [3.63, 3.8) is 0 Å². The maximum Gasteiger partial charge on any atom is 0.272 e. The maximum atomic E-state index is 12.6. The van der Waals surface area contributed by atoms with Crippen molar-refractivity contribution in [2.75, 3.05) is 36.4 Å². The Balaban J connectivity index is 1.37. The van der Waals surface area contributed by atoms with Crippen LogP contribution in [0.3, 0.4) is 0 Å². The van der Waals surface area contributed by atoms with Gasteiger partial charge in [0, 0.05) is 37.6 Å². The number of nitrogens with one attached hydrogen (secondary N) is 1. The zero-order valence-corrected chi connectivity index (χ0v) is 15.9. The lowest BCUT2D eigenvalue weighted by Crippen LogP contribution is -2.32. The fraction of sp³-hybridized carbons (Fsp3) is 0.455. The predicted octanol–water partition coefficient (Wildman–Crippen LogP) is 4.44. The molecule has 0 radical (unpaired) electrons. The first-order chi connectivity index (χ1) is 13.3. The molecule has 0 bridgehead atoms. The summed E-state index contributed by atoms with van der Waals surface area (Å²) in [5, 5.41) is 3.37. The number of benzene rings is 1. The van der Waals surface area contributed by atoms with Crippen LogP contribution in [0.4, 0.5) is 17.1 Å². The van der Waals surface area contributed by atoms with Gasteiger partial charge >= 0.3 is 0 Å². The molecule has 5 nitrogen and oxygen atoms in total. The number of rotatable bonds is 4. The third-order valence-corrected chi connectivity index (χ3v) is 5.50. The Morgan fingerprint density at radius 3 is 2.04 bits per heavy atom. The van der Waals surface area contributed by atoms with Crippen molar-refractivity contribution in [3.05, 3.63) is 48.3 Å². The van der Waals surface area contributed by atoms with Gasteiger partial charge in [-0.2, -0.15) is 0 Å². The topological polar surface area (TPSA) is 48.5 Å². The lowest BCUT2D eigenvalue weighted by molar-refractivity contribution is 0.0756. The van der Waals surface area contributed by atoms with Gasteiger partial charge in [0.05, 0.1) is 11.9 Å². The SMILES string of the molecule is O=C(c1ccc(Nc2ccc(N3CCCC3)cc2)cn1)N1CCCCCC1. The predicted molar refractivity (Wildman–Crippen MR) is 110 cm³/mol. The zero-order chi connectivity index (χ0) is 18.5. The average molecular weight is 364 g/mol. The van der Waals surface area contributed by atoms with E-state index in [9.17, 15) is 4.79 Å². The van der Waals surface area contributed by atoms with Crippen molar-refractivity contribution in [1.29, 1.82) is 0 Å². The molecule has 0 unspecified atom stereocenters. The van der Waals surface area contributed by atoms with Crippen molar-refractivity contribution in [1.82, 2.24) is 9.88 Å². The van der Waals surface area contributed by atoms with E-state index in [2.05, 4.69) is 39.5 Å². The van der Waals surface area contributed by atoms with E-state index >= 15 is 0 Å². The first-order valence-electron chi connectivity index (χ1n) is 10.2. The van der Waals surface area contributed by atoms with Gasteiger partial charge in [-0.1, -0.05) is 12.8 Å². The van der Waals surface area contributed by atoms with Gasteiger partial charge in [0.25, 0.3) is 5.91 Å². The van der Waals surface area contributed by atoms with Crippen molar-refractivity contribution >= 4 is 23.0 Å². The van der Waals surface area contributed by atoms with E-state index in [1.807, 2.05) is 17.0 Å². The number of hydrogen-bond acceptors (Lipinski definition) is 4. The molecule has 1 N–H and O–H groups in total. The number of carbonyl (C=O) groups is 1. The molecule has 0 atom stereocenters. The van der Waals surface area contributed by atoms with Crippen molar-refractivity contribution < 1.29 is 4.79 Å². The van der Waals surface area contributed by atoms with Crippen LogP contribution in [0.2, 0.25) is 0 Å². The van der Waals surface area contributed by atoms with Gasteiger partial charge in [-0.3, -0.25) is 4.79 Å². The van der Waals surface area contributed by atoms with Crippen LogP contribution in [0, 0.1) is 0 Å². The summed E-state index contributed by atoms with van der Waals surface area (Å²) in [5.74, 6) is 0.0541. The molecule has 1 aromatic carbocycles. The van der Waals surface area contributed by atoms with Gasteiger partial charge in [0.2, 0.25) is 0 Å². The lowest BCUT2D eigenvalue weighted by Gasteiger charge is -2.20. The maximum absolute atomic E-state index is 12.6. The van der Waals surface area contributed by atoms with Crippen molar-refractivity contribution in [3.8, 4) is 0 Å². The molecule has 0 spiro atoms. The molecule has 2 fully saturated rings. The minimum Gasteiger partial charge on any atom is -0.372 e. The second-order valence-electron chi connectivity index (χ2n) is 7.50. The van der Waals surface area contributed by atoms with E-state index in [1.165, 1.54) is 31.4 Å². The first kappa shape index (κ1) is 17.8. The minimum atomic E-state index is 0.0541. The van der Waals surface area contributed by atoms with Crippen LogP contribution < -0.4 is 10.2 Å². The Morgan fingerprint density at radius 2 is 1.41 bits per heavy atom. The Morgan fingerprint density at radius 1 is 0.778 bits per heavy atom. The number of nitrogens with zero attached hydrogens (tertiary/aromatic N) is 3. The lowest BCUT2D eigenvalue weighted by atomic mass is 10.2. The van der Waals surface area contributed by atoms with Gasteiger partial charge in [-0.15, -0.1) is 0 Å². The van der Waals surface area contributed by atoms with Crippen LogP contribution in [-0.4, -0.2) is 42.0 Å². The molecule has 1 aromatic heterocycles. The summed E-state index contributed by atoms with van der Waals surface area (Å²) in [7, 11) is 0. The highest BCUT2D eigenvalue weighted by molar-refractivity contribution is 5.92. The summed E-state index contributed by atoms with van der Waals surface area (Å²) in [4.78, 5) is 21.4. The highest BCUT2D eigenvalue weighted by atomic mass is 16.2. The number of aromatic nitrogens is 1. The van der Waals surface area contributed by atoms with Crippen LogP contribution in [0.15, 0.2) is 42.6 Å². The standard InChI is InChI=1S/C22H28N4O/c27-22(26-15-3-1-2-4-16-26)21-12-9-19(17-23-21)24-18-7-10-20(11-8-18)25-13-5-6-14-25/h7-12,17,24H,1-6,13-16H2. The van der Waals surface area contributed by atoms with Crippen LogP contribution >= 0.6 is 0 Å². The van der Waals surface area contributed by atoms with Crippen LogP contribution in [0.1, 0.15) is 49.0 Å². The molecule has 27 heavy (non-hydrogen) atoms. The number of pyridine rings is 1. The van der Waals surface area contributed by atoms with E-state index in [1.54, 1.807) is 6.20 Å². The van der Waals surface area contributed by atoms with Crippen LogP contribution in [-0.2, 0) is 0 Å². The second kappa shape index (κ2) is 8.42. The first-order valence-corrected chi connectivity index (χ1v) is 10.2. The fourth-order valence-electron chi connectivity index (χ4n) is 3.93. The molecular formula is C22H28N4O. The van der Waals surface area contributed by atoms with E-state index in [-0.39, 0.29) is 5.91 Å². The van der Waals surface area contributed by atoms with Gasteiger partial charge in [0.1, 0.15) is 5.69 Å². The molecule has 2 saturated heterocycles. The molecule has 0 aliphatic carbocycles. The number of carbonyl (C=O) groups excluding carboxylic acids is 1. The summed E-state index contributed by atoms with van der Waals surface area (Å²) in [6.45, 7) is 4.01. The zero-order valence-electron chi connectivity index (χ0n) is 15.9. The summed E-state index contributed by atoms with van der Waals surface area (Å²) < 4.78 is 0. The van der Waals surface area contributed by atoms with E-state index in [4.69, 9.17) is 0 Å². The normalized spacial score (nSPS) is 17.6. The number of likely N-dealkylation sites (tertiary alicyclic amines) is 1. The van der Waals surface area contributed by atoms with E-state index in [0.717, 1.165) is 50.4 Å². The Kier molecular flexibility index (Phi) is 5.56. The van der Waals surface area contributed by atoms with Gasteiger partial charge < -0.3 is 15.1 Å². The van der Waals surface area contributed by atoms with Crippen molar-refractivity contribution in [2.45, 2.75) is 38.5 Å². The molecule has 4 rings (SSSR count). The Labute approximate surface area is 161 Å². The summed E-state index contributed by atoms with van der Waals surface area (Å²) in [6, 6.07) is 12.3. The van der Waals surface area contributed by atoms with Crippen molar-refractivity contribution in [2.24, 2.45) is 0 Å². The smallest absolute Gasteiger partial charge is 0.272 e. The van der Waals surface area contributed by atoms with Crippen LogP contribution in [0.25, 0.3) is 0 Å². The molecule has 142 valence electrons. The minimum absolute atomic E-state index is 0.0541. The monoisotopic (exact) mass is 364 g/mol. The Bertz CT molecular complexity index is 743. The number of hydrogen-bond donors (Lipinski definition) is 1. The average Bonchev–Trinajstić information content (AvgIpc) is 3.11. The molecule has 2 aliphatic rings. The summed E-state index contributed by atoms with van der Waals surface area (Å²) >= 11 is 0. The molecule has 5 heteroatoms. The summed E-state index contributed by atoms with van der Waals surface area (Å²) in [5.41, 5.74) is 3.75. The number of anilines is 3. The molecule has 2 aromatic rings. The van der Waals surface area contributed by atoms with Gasteiger partial charge in [-0.25, -0.2) is 4.98 Å². The van der Waals surface area contributed by atoms with Gasteiger partial charge in [-0.05, 0) is 62.1 Å². The number of amides is 1. The van der Waals surface area contributed by atoms with Crippen LogP contribution in [0.5, 0.6) is 0 Å². The molecule has 3 heterocycles. The fourth-order valence-corrected chi connectivity index (χ4v) is 3.93. The second-order valence-corrected chi connectivity index (χ2v) is 7.50. The Hall–Kier alpha value is -2.56. The summed E-state index contributed by atoms with van der Waals surface area (Å²) in [6.07, 6.45) is 8.95. The third-order valence-electron chi connectivity index (χ3n) is 5.50. The third kappa shape index (κ3) is 4.41. The highest BCUT2D eigenvalue weighted by Gasteiger charge is 2.18. The highest BCUT2D eigenvalue weighted by Crippen LogP contribution is 2.24. The largest absolute Gasteiger partial charge is 0.372 e.